The highest BCUT2D eigenvalue weighted by molar-refractivity contribution is 5.93. The molecule has 0 amide bonds. The number of carbonyl (C=O) groups is 2. The van der Waals surface area contributed by atoms with Gasteiger partial charge in [-0.15, -0.1) is 0 Å². The Kier molecular flexibility index (Phi) is 7.68. The summed E-state index contributed by atoms with van der Waals surface area (Å²) >= 11 is 0. The molecule has 1 unspecified atom stereocenters. The van der Waals surface area contributed by atoms with Crippen LogP contribution in [-0.4, -0.2) is 60.6 Å². The second-order valence-electron chi connectivity index (χ2n) is 10.8. The number of hydrogen-bond acceptors (Lipinski definition) is 7. The van der Waals surface area contributed by atoms with E-state index in [0.717, 1.165) is 43.8 Å². The Morgan fingerprint density at radius 2 is 1.39 bits per heavy atom. The third-order valence-corrected chi connectivity index (χ3v) is 8.76. The summed E-state index contributed by atoms with van der Waals surface area (Å²) in [5.41, 5.74) is 0.416. The van der Waals surface area contributed by atoms with Crippen LogP contribution in [-0.2, 0) is 23.8 Å². The molecular formula is C29H40N2O5. The topological polar surface area (TPSA) is 68.3 Å². The molecule has 3 fully saturated rings. The van der Waals surface area contributed by atoms with Gasteiger partial charge in [0, 0.05) is 44.1 Å². The fourth-order valence-corrected chi connectivity index (χ4v) is 7.02. The van der Waals surface area contributed by atoms with Gasteiger partial charge in [-0.2, -0.15) is 0 Å². The van der Waals surface area contributed by atoms with Crippen LogP contribution in [0.4, 0.5) is 5.69 Å². The molecule has 1 atom stereocenters. The molecule has 1 saturated carbocycles. The number of likely N-dealkylation sites (tertiary alicyclic amines) is 1. The molecule has 3 aliphatic heterocycles. The van der Waals surface area contributed by atoms with E-state index in [1.54, 1.807) is 7.11 Å². The zero-order valence-electron chi connectivity index (χ0n) is 21.5. The molecule has 0 N–H and O–H groups in total. The zero-order chi connectivity index (χ0) is 25.0. The largest absolute Gasteiger partial charge is 0.400 e. The average Bonchev–Trinajstić information content (AvgIpc) is 3.04. The summed E-state index contributed by atoms with van der Waals surface area (Å²) in [6, 6.07) is 10.5. The van der Waals surface area contributed by atoms with Crippen LogP contribution < -0.4 is 4.90 Å². The minimum absolute atomic E-state index is 0.248. The van der Waals surface area contributed by atoms with Crippen molar-refractivity contribution < 1.29 is 23.8 Å². The Hall–Kier alpha value is -2.38. The predicted octanol–water partition coefficient (Wildman–Crippen LogP) is 4.95. The fraction of sp³-hybridized carbons (Fsp3) is 0.655. The molecule has 2 saturated heterocycles. The van der Waals surface area contributed by atoms with Crippen LogP contribution >= 0.6 is 0 Å². The number of benzene rings is 1. The van der Waals surface area contributed by atoms with Crippen LogP contribution in [0, 0.1) is 0 Å². The summed E-state index contributed by atoms with van der Waals surface area (Å²) in [5, 5.41) is 0. The number of carbonyl (C=O) groups excluding carboxylic acids is 2. The highest BCUT2D eigenvalue weighted by Gasteiger charge is 2.66. The average molecular weight is 497 g/mol. The van der Waals surface area contributed by atoms with Gasteiger partial charge in [-0.05, 0) is 37.8 Å². The quantitative estimate of drug-likeness (QED) is 0.549. The summed E-state index contributed by atoms with van der Waals surface area (Å²) in [7, 11) is 1.71. The van der Waals surface area contributed by atoms with Gasteiger partial charge in [-0.1, -0.05) is 63.1 Å². The van der Waals surface area contributed by atoms with E-state index in [1.165, 1.54) is 57.8 Å². The number of anilines is 1. The predicted molar refractivity (Wildman–Crippen MR) is 137 cm³/mol. The van der Waals surface area contributed by atoms with Crippen molar-refractivity contribution in [2.45, 2.75) is 101 Å². The second-order valence-corrected chi connectivity index (χ2v) is 10.8. The Morgan fingerprint density at radius 3 is 1.94 bits per heavy atom. The summed E-state index contributed by atoms with van der Waals surface area (Å²) in [5.74, 6) is -2.68. The van der Waals surface area contributed by atoms with Gasteiger partial charge >= 0.3 is 17.8 Å². The summed E-state index contributed by atoms with van der Waals surface area (Å²) in [4.78, 5) is 29.9. The Morgan fingerprint density at radius 1 is 0.833 bits per heavy atom. The normalized spacial score (nSPS) is 27.6. The fourth-order valence-electron chi connectivity index (χ4n) is 7.02. The third-order valence-electron chi connectivity index (χ3n) is 8.76. The molecule has 1 aromatic carbocycles. The number of piperidine rings is 1. The molecule has 0 radical (unpaired) electrons. The molecule has 7 heteroatoms. The number of esters is 2. The lowest BCUT2D eigenvalue weighted by Gasteiger charge is -2.51. The number of rotatable bonds is 3. The van der Waals surface area contributed by atoms with Crippen molar-refractivity contribution in [1.82, 2.24) is 4.90 Å². The Balaban J connectivity index is 1.43. The summed E-state index contributed by atoms with van der Waals surface area (Å²) in [6.07, 6.45) is 16.0. The first kappa shape index (κ1) is 25.3. The first-order chi connectivity index (χ1) is 17.6. The molecular weight excluding hydrogens is 456 g/mol. The highest BCUT2D eigenvalue weighted by Crippen LogP contribution is 2.52. The standard InChI is InChI=1S/C29H40N2O5/c1-34-25-22-29(35-26(32)16-17-27(33)36-29)31(24-14-10-7-11-15-24)28(25)18-20-30(21-19-28)23-12-8-5-3-2-4-6-9-13-23/h7,10-11,14-17,23,25H,2-6,8-9,12-13,18-22H2,1H3. The SMILES string of the molecule is COC1CC2(OC(=O)C=CC(=O)O2)N(c2ccccc2)C12CCN(C1CCCCCCCCC1)CC2. The smallest absolute Gasteiger partial charge is 0.346 e. The molecule has 1 aromatic rings. The second kappa shape index (κ2) is 10.9. The maximum Gasteiger partial charge on any atom is 0.346 e. The lowest BCUT2D eigenvalue weighted by atomic mass is 9.81. The number of methoxy groups -OCH3 is 1. The van der Waals surface area contributed by atoms with Crippen molar-refractivity contribution >= 4 is 17.6 Å². The number of ether oxygens (including phenoxy) is 3. The van der Waals surface area contributed by atoms with Crippen molar-refractivity contribution in [2.75, 3.05) is 25.1 Å². The number of nitrogens with zero attached hydrogens (tertiary/aromatic N) is 2. The van der Waals surface area contributed by atoms with Crippen molar-refractivity contribution in [3.63, 3.8) is 0 Å². The lowest BCUT2D eigenvalue weighted by Crippen LogP contribution is -2.63. The molecule has 7 nitrogen and oxygen atoms in total. The molecule has 196 valence electrons. The summed E-state index contributed by atoms with van der Waals surface area (Å²) < 4.78 is 17.9. The Bertz CT molecular complexity index is 910. The van der Waals surface area contributed by atoms with Crippen LogP contribution in [0.5, 0.6) is 0 Å². The van der Waals surface area contributed by atoms with Crippen molar-refractivity contribution in [3.8, 4) is 0 Å². The van der Waals surface area contributed by atoms with Gasteiger partial charge in [0.15, 0.2) is 0 Å². The molecule has 36 heavy (non-hydrogen) atoms. The van der Waals surface area contributed by atoms with E-state index in [-0.39, 0.29) is 12.5 Å². The van der Waals surface area contributed by atoms with Gasteiger partial charge < -0.3 is 19.1 Å². The molecule has 5 rings (SSSR count). The molecule has 0 bridgehead atoms. The summed E-state index contributed by atoms with van der Waals surface area (Å²) in [6.45, 7) is 1.90. The van der Waals surface area contributed by atoms with E-state index in [1.807, 2.05) is 30.3 Å². The van der Waals surface area contributed by atoms with Crippen LogP contribution in [0.15, 0.2) is 42.5 Å². The van der Waals surface area contributed by atoms with Gasteiger partial charge in [0.25, 0.3) is 0 Å². The van der Waals surface area contributed by atoms with E-state index in [4.69, 9.17) is 14.2 Å². The molecule has 4 aliphatic rings. The van der Waals surface area contributed by atoms with Gasteiger partial charge in [-0.3, -0.25) is 4.90 Å². The third kappa shape index (κ3) is 4.92. The van der Waals surface area contributed by atoms with Crippen molar-refractivity contribution in [2.24, 2.45) is 0 Å². The maximum atomic E-state index is 12.6. The van der Waals surface area contributed by atoms with Crippen molar-refractivity contribution in [1.29, 1.82) is 0 Å². The highest BCUT2D eigenvalue weighted by atomic mass is 16.8. The minimum Gasteiger partial charge on any atom is -0.400 e. The van der Waals surface area contributed by atoms with Crippen LogP contribution in [0.3, 0.4) is 0 Å². The lowest BCUT2D eigenvalue weighted by molar-refractivity contribution is -0.219. The molecule has 2 spiro atoms. The van der Waals surface area contributed by atoms with Crippen molar-refractivity contribution in [3.05, 3.63) is 42.5 Å². The van der Waals surface area contributed by atoms with E-state index in [9.17, 15) is 9.59 Å². The first-order valence-corrected chi connectivity index (χ1v) is 13.8. The van der Waals surface area contributed by atoms with Crippen LogP contribution in [0.25, 0.3) is 0 Å². The van der Waals surface area contributed by atoms with Gasteiger partial charge in [0.2, 0.25) is 0 Å². The molecule has 3 heterocycles. The monoisotopic (exact) mass is 496 g/mol. The van der Waals surface area contributed by atoms with E-state index < -0.39 is 23.4 Å². The van der Waals surface area contributed by atoms with Gasteiger partial charge in [0.05, 0.1) is 18.1 Å². The first-order valence-electron chi connectivity index (χ1n) is 13.8. The van der Waals surface area contributed by atoms with E-state index in [2.05, 4.69) is 9.80 Å². The molecule has 0 aromatic heterocycles. The van der Waals surface area contributed by atoms with Crippen LogP contribution in [0.1, 0.15) is 77.0 Å². The minimum atomic E-state index is -1.53. The molecule has 1 aliphatic carbocycles. The van der Waals surface area contributed by atoms with Gasteiger partial charge in [-0.25, -0.2) is 9.59 Å². The Labute approximate surface area is 214 Å². The number of para-hydroxylation sites is 1. The van der Waals surface area contributed by atoms with Gasteiger partial charge in [0.1, 0.15) is 0 Å². The van der Waals surface area contributed by atoms with Crippen LogP contribution in [0.2, 0.25) is 0 Å². The maximum absolute atomic E-state index is 12.6. The zero-order valence-corrected chi connectivity index (χ0v) is 21.5. The van der Waals surface area contributed by atoms with E-state index >= 15 is 0 Å². The number of hydrogen-bond donors (Lipinski definition) is 0. The van der Waals surface area contributed by atoms with E-state index in [0.29, 0.717) is 6.04 Å².